The Morgan fingerprint density at radius 2 is 2.33 bits per heavy atom. The number of benzene rings is 1. The van der Waals surface area contributed by atoms with E-state index >= 15 is 0 Å². The molecule has 1 aromatic rings. The average Bonchev–Trinajstić information content (AvgIpc) is 2.47. The number of amides is 1. The number of halogens is 1. The SMILES string of the molecule is CNCC1CCCN(C(=O)c2ccc([N+](=O)[O-])cc2Cl)C1. The van der Waals surface area contributed by atoms with Gasteiger partial charge < -0.3 is 10.2 Å². The van der Waals surface area contributed by atoms with Gasteiger partial charge in [0.1, 0.15) is 0 Å². The predicted octanol–water partition coefficient (Wildman–Crippen LogP) is 2.32. The summed E-state index contributed by atoms with van der Waals surface area (Å²) in [7, 11) is 1.90. The molecule has 1 heterocycles. The Labute approximate surface area is 128 Å². The van der Waals surface area contributed by atoms with Crippen molar-refractivity contribution in [2.75, 3.05) is 26.7 Å². The van der Waals surface area contributed by atoms with Crippen molar-refractivity contribution in [3.63, 3.8) is 0 Å². The van der Waals surface area contributed by atoms with E-state index in [1.54, 1.807) is 4.90 Å². The zero-order valence-corrected chi connectivity index (χ0v) is 12.6. The number of non-ortho nitro benzene ring substituents is 1. The molecule has 2 rings (SSSR count). The van der Waals surface area contributed by atoms with Crippen LogP contribution in [0.15, 0.2) is 18.2 Å². The zero-order valence-electron chi connectivity index (χ0n) is 11.8. The Morgan fingerprint density at radius 3 is 2.95 bits per heavy atom. The first kappa shape index (κ1) is 15.7. The van der Waals surface area contributed by atoms with Crippen LogP contribution >= 0.6 is 11.6 Å². The molecule has 6 nitrogen and oxygen atoms in total. The summed E-state index contributed by atoms with van der Waals surface area (Å²) >= 11 is 6.02. The van der Waals surface area contributed by atoms with Crippen LogP contribution in [-0.2, 0) is 0 Å². The van der Waals surface area contributed by atoms with Gasteiger partial charge in [-0.05, 0) is 38.4 Å². The van der Waals surface area contributed by atoms with Gasteiger partial charge in [-0.2, -0.15) is 0 Å². The zero-order chi connectivity index (χ0) is 15.4. The van der Waals surface area contributed by atoms with Gasteiger partial charge in [0.2, 0.25) is 0 Å². The standard InChI is InChI=1S/C14H18ClN3O3/c1-16-8-10-3-2-6-17(9-10)14(19)12-5-4-11(18(20)21)7-13(12)15/h4-5,7,10,16H,2-3,6,8-9H2,1H3. The Balaban J connectivity index is 2.14. The topological polar surface area (TPSA) is 75.5 Å². The van der Waals surface area contributed by atoms with E-state index < -0.39 is 4.92 Å². The second kappa shape index (κ2) is 6.87. The number of hydrogen-bond donors (Lipinski definition) is 1. The molecule has 1 saturated heterocycles. The lowest BCUT2D eigenvalue weighted by Gasteiger charge is -2.33. The van der Waals surface area contributed by atoms with Crippen LogP contribution in [0.1, 0.15) is 23.2 Å². The minimum atomic E-state index is -0.524. The van der Waals surface area contributed by atoms with Crippen LogP contribution in [0.5, 0.6) is 0 Å². The summed E-state index contributed by atoms with van der Waals surface area (Å²) in [5, 5.41) is 14.0. The first-order valence-corrected chi connectivity index (χ1v) is 7.28. The summed E-state index contributed by atoms with van der Waals surface area (Å²) in [5.74, 6) is 0.278. The Morgan fingerprint density at radius 1 is 1.57 bits per heavy atom. The van der Waals surface area contributed by atoms with E-state index in [9.17, 15) is 14.9 Å². The maximum Gasteiger partial charge on any atom is 0.270 e. The number of nitro groups is 1. The largest absolute Gasteiger partial charge is 0.338 e. The quantitative estimate of drug-likeness (QED) is 0.684. The van der Waals surface area contributed by atoms with Gasteiger partial charge in [-0.15, -0.1) is 0 Å². The van der Waals surface area contributed by atoms with Gasteiger partial charge in [0.15, 0.2) is 0 Å². The highest BCUT2D eigenvalue weighted by atomic mass is 35.5. The summed E-state index contributed by atoms with van der Waals surface area (Å²) in [5.41, 5.74) is 0.218. The number of nitrogens with zero attached hydrogens (tertiary/aromatic N) is 2. The van der Waals surface area contributed by atoms with Gasteiger partial charge >= 0.3 is 0 Å². The van der Waals surface area contributed by atoms with E-state index in [-0.39, 0.29) is 16.6 Å². The van der Waals surface area contributed by atoms with Crippen LogP contribution in [0.3, 0.4) is 0 Å². The predicted molar refractivity (Wildman–Crippen MR) is 80.7 cm³/mol. The summed E-state index contributed by atoms with van der Waals surface area (Å²) in [6, 6.07) is 3.97. The molecule has 1 amide bonds. The fraction of sp³-hybridized carbons (Fsp3) is 0.500. The maximum absolute atomic E-state index is 12.5. The third-order valence-corrected chi connectivity index (χ3v) is 4.01. The normalized spacial score (nSPS) is 18.6. The smallest absolute Gasteiger partial charge is 0.270 e. The fourth-order valence-electron chi connectivity index (χ4n) is 2.67. The number of nitrogens with one attached hydrogen (secondary N) is 1. The highest BCUT2D eigenvalue weighted by molar-refractivity contribution is 6.34. The van der Waals surface area contributed by atoms with E-state index in [0.29, 0.717) is 24.6 Å². The van der Waals surface area contributed by atoms with Gasteiger partial charge in [0, 0.05) is 25.2 Å². The second-order valence-electron chi connectivity index (χ2n) is 5.24. The number of rotatable bonds is 4. The molecule has 1 aliphatic heterocycles. The molecule has 0 aromatic heterocycles. The molecule has 1 aliphatic rings. The van der Waals surface area contributed by atoms with E-state index in [1.807, 2.05) is 7.05 Å². The molecule has 0 saturated carbocycles. The lowest BCUT2D eigenvalue weighted by atomic mass is 9.97. The van der Waals surface area contributed by atoms with Crippen molar-refractivity contribution in [3.05, 3.63) is 38.9 Å². The number of carbonyl (C=O) groups is 1. The molecular weight excluding hydrogens is 294 g/mol. The first-order valence-electron chi connectivity index (χ1n) is 6.90. The van der Waals surface area contributed by atoms with Crippen molar-refractivity contribution >= 4 is 23.2 Å². The van der Waals surface area contributed by atoms with Crippen LogP contribution in [0.25, 0.3) is 0 Å². The molecule has 114 valence electrons. The van der Waals surface area contributed by atoms with Gasteiger partial charge in [-0.25, -0.2) is 0 Å². The van der Waals surface area contributed by atoms with Crippen molar-refractivity contribution in [2.24, 2.45) is 5.92 Å². The molecule has 21 heavy (non-hydrogen) atoms. The van der Waals surface area contributed by atoms with Crippen LogP contribution in [0.4, 0.5) is 5.69 Å². The van der Waals surface area contributed by atoms with Gasteiger partial charge in [0.05, 0.1) is 15.5 Å². The summed E-state index contributed by atoms with van der Waals surface area (Å²) < 4.78 is 0. The number of carbonyl (C=O) groups excluding carboxylic acids is 1. The van der Waals surface area contributed by atoms with Crippen LogP contribution in [0.2, 0.25) is 5.02 Å². The van der Waals surface area contributed by atoms with Crippen molar-refractivity contribution in [1.29, 1.82) is 0 Å². The van der Waals surface area contributed by atoms with Gasteiger partial charge in [-0.1, -0.05) is 11.6 Å². The minimum absolute atomic E-state index is 0.108. The summed E-state index contributed by atoms with van der Waals surface area (Å²) in [6.45, 7) is 2.26. The van der Waals surface area contributed by atoms with Gasteiger partial charge in [0.25, 0.3) is 11.6 Å². The monoisotopic (exact) mass is 311 g/mol. The number of nitro benzene ring substituents is 1. The minimum Gasteiger partial charge on any atom is -0.338 e. The van der Waals surface area contributed by atoms with Crippen molar-refractivity contribution < 1.29 is 9.72 Å². The molecule has 1 atom stereocenters. The molecule has 0 bridgehead atoms. The maximum atomic E-state index is 12.5. The highest BCUT2D eigenvalue weighted by Gasteiger charge is 2.26. The summed E-state index contributed by atoms with van der Waals surface area (Å²) in [4.78, 5) is 24.5. The third-order valence-electron chi connectivity index (χ3n) is 3.69. The van der Waals surface area contributed by atoms with Crippen LogP contribution in [0, 0.1) is 16.0 Å². The lowest BCUT2D eigenvalue weighted by Crippen LogP contribution is -2.42. The molecule has 0 aliphatic carbocycles. The second-order valence-corrected chi connectivity index (χ2v) is 5.65. The highest BCUT2D eigenvalue weighted by Crippen LogP contribution is 2.25. The first-order chi connectivity index (χ1) is 10.0. The Hall–Kier alpha value is -1.66. The van der Waals surface area contributed by atoms with Crippen LogP contribution in [-0.4, -0.2) is 42.4 Å². The molecule has 1 N–H and O–H groups in total. The van der Waals surface area contributed by atoms with E-state index in [4.69, 9.17) is 11.6 Å². The third kappa shape index (κ3) is 3.71. The summed E-state index contributed by atoms with van der Waals surface area (Å²) in [6.07, 6.45) is 2.06. The fourth-order valence-corrected chi connectivity index (χ4v) is 2.92. The molecule has 7 heteroatoms. The Kier molecular flexibility index (Phi) is 5.14. The van der Waals surface area contributed by atoms with E-state index in [1.165, 1.54) is 18.2 Å². The van der Waals surface area contributed by atoms with Gasteiger partial charge in [-0.3, -0.25) is 14.9 Å². The average molecular weight is 312 g/mol. The molecule has 0 radical (unpaired) electrons. The molecule has 1 unspecified atom stereocenters. The lowest BCUT2D eigenvalue weighted by molar-refractivity contribution is -0.384. The number of likely N-dealkylation sites (tertiary alicyclic amines) is 1. The number of piperidine rings is 1. The molecular formula is C14H18ClN3O3. The molecule has 0 spiro atoms. The van der Waals surface area contributed by atoms with Crippen LogP contribution < -0.4 is 5.32 Å². The van der Waals surface area contributed by atoms with Crippen molar-refractivity contribution in [1.82, 2.24) is 10.2 Å². The van der Waals surface area contributed by atoms with E-state index in [2.05, 4.69) is 5.32 Å². The van der Waals surface area contributed by atoms with E-state index in [0.717, 1.165) is 19.4 Å². The van der Waals surface area contributed by atoms with Crippen molar-refractivity contribution in [3.8, 4) is 0 Å². The van der Waals surface area contributed by atoms with Crippen molar-refractivity contribution in [2.45, 2.75) is 12.8 Å². The molecule has 1 aromatic carbocycles. The Bertz CT molecular complexity index is 548. The number of hydrogen-bond acceptors (Lipinski definition) is 4. The molecule has 1 fully saturated rings.